The topological polar surface area (TPSA) is 114 Å². The molecule has 0 saturated carbocycles. The van der Waals surface area contributed by atoms with Crippen LogP contribution in [0.4, 0.5) is 11.5 Å². The number of nitrogens with zero attached hydrogens (tertiary/aromatic N) is 2. The number of halogens is 1. The molecule has 33 heavy (non-hydrogen) atoms. The van der Waals surface area contributed by atoms with Gasteiger partial charge in [0.05, 0.1) is 31.1 Å². The van der Waals surface area contributed by atoms with Crippen molar-refractivity contribution in [3.8, 4) is 0 Å². The molecule has 0 atom stereocenters. The molecule has 9 heteroatoms. The summed E-state index contributed by atoms with van der Waals surface area (Å²) in [5.74, 6) is 0.100. The highest BCUT2D eigenvalue weighted by Crippen LogP contribution is 2.30. The van der Waals surface area contributed by atoms with E-state index in [0.717, 1.165) is 12.1 Å². The Labute approximate surface area is 201 Å². The number of ether oxygens (including phenoxy) is 2. The fourth-order valence-corrected chi connectivity index (χ4v) is 3.19. The molecular weight excluding hydrogens is 442 g/mol. The number of esters is 1. The van der Waals surface area contributed by atoms with Crippen molar-refractivity contribution in [1.82, 2.24) is 4.98 Å². The maximum Gasteiger partial charge on any atom is 0.341 e. The molecule has 0 aliphatic carbocycles. The molecule has 1 aliphatic heterocycles. The lowest BCUT2D eigenvalue weighted by molar-refractivity contribution is 0.0525. The number of nitrogens with two attached hydrogens (primary N) is 1. The van der Waals surface area contributed by atoms with E-state index < -0.39 is 5.97 Å². The molecule has 8 nitrogen and oxygen atoms in total. The Balaban J connectivity index is 0.00000101. The molecule has 3 rings (SSSR count). The summed E-state index contributed by atoms with van der Waals surface area (Å²) < 4.78 is 10.6. The van der Waals surface area contributed by atoms with Crippen LogP contribution in [0.25, 0.3) is 0 Å². The smallest absolute Gasteiger partial charge is 0.341 e. The first-order valence-corrected chi connectivity index (χ1v) is 11.6. The highest BCUT2D eigenvalue weighted by Gasteiger charge is 2.25. The molecular formula is C24H36ClN5O3. The molecule has 1 saturated heterocycles. The normalized spacial score (nSPS) is 12.5. The molecule has 0 unspecified atom stereocenters. The Bertz CT molecular complexity index is 856. The van der Waals surface area contributed by atoms with E-state index in [-0.39, 0.29) is 6.61 Å². The molecule has 2 aromatic rings. The minimum Gasteiger partial charge on any atom is -0.462 e. The van der Waals surface area contributed by atoms with E-state index in [1.54, 1.807) is 6.92 Å². The zero-order chi connectivity index (χ0) is 24.6. The van der Waals surface area contributed by atoms with E-state index >= 15 is 0 Å². The molecule has 0 radical (unpaired) electrons. The average molecular weight is 478 g/mol. The summed E-state index contributed by atoms with van der Waals surface area (Å²) in [5.41, 5.74) is 7.45. The van der Waals surface area contributed by atoms with Crippen LogP contribution in [0, 0.1) is 5.41 Å². The minimum absolute atomic E-state index is 0.276. The summed E-state index contributed by atoms with van der Waals surface area (Å²) in [6, 6.07) is 7.50. The first kappa shape index (κ1) is 28.4. The van der Waals surface area contributed by atoms with Gasteiger partial charge in [-0.25, -0.2) is 9.78 Å². The average Bonchev–Trinajstić information content (AvgIpc) is 2.85. The molecule has 4 N–H and O–H groups in total. The Kier molecular flexibility index (Phi) is 13.8. The van der Waals surface area contributed by atoms with Crippen LogP contribution in [-0.2, 0) is 16.0 Å². The van der Waals surface area contributed by atoms with Gasteiger partial charge < -0.3 is 30.8 Å². The van der Waals surface area contributed by atoms with Crippen molar-refractivity contribution in [2.24, 2.45) is 5.73 Å². The standard InChI is InChI=1S/C20H23ClN4O3.C2H7N.C2H6/c1-2-28-20(26)17-13-24-19(23-12-14-3-5-15(21)6-4-14)16(11-22)18(17)25-7-9-27-10-8-25;1-2-3;1-2/h3-6,11,13,22H,2,7-10,12H2,1H3,(H,23,24);2-3H2,1H3;1-2H3. The lowest BCUT2D eigenvalue weighted by Gasteiger charge is -2.31. The van der Waals surface area contributed by atoms with Gasteiger partial charge >= 0.3 is 5.97 Å². The number of anilines is 2. The summed E-state index contributed by atoms with van der Waals surface area (Å²) >= 11 is 5.93. The van der Waals surface area contributed by atoms with Crippen molar-refractivity contribution in [2.75, 3.05) is 49.7 Å². The third kappa shape index (κ3) is 8.64. The minimum atomic E-state index is -0.441. The Morgan fingerprint density at radius 1 is 1.27 bits per heavy atom. The van der Waals surface area contributed by atoms with E-state index in [0.29, 0.717) is 60.5 Å². The fourth-order valence-electron chi connectivity index (χ4n) is 3.07. The van der Waals surface area contributed by atoms with E-state index in [1.165, 1.54) is 12.4 Å². The first-order valence-electron chi connectivity index (χ1n) is 11.3. The first-order chi connectivity index (χ1) is 16.0. The number of hydrogen-bond donors (Lipinski definition) is 3. The van der Waals surface area contributed by atoms with Gasteiger partial charge in [-0.1, -0.05) is 44.5 Å². The van der Waals surface area contributed by atoms with E-state index in [4.69, 9.17) is 32.2 Å². The lowest BCUT2D eigenvalue weighted by atomic mass is 10.1. The Morgan fingerprint density at radius 3 is 2.42 bits per heavy atom. The molecule has 0 bridgehead atoms. The van der Waals surface area contributed by atoms with Crippen LogP contribution in [0.15, 0.2) is 30.5 Å². The largest absolute Gasteiger partial charge is 0.462 e. The highest BCUT2D eigenvalue weighted by atomic mass is 35.5. The lowest BCUT2D eigenvalue weighted by Crippen LogP contribution is -2.38. The monoisotopic (exact) mass is 477 g/mol. The van der Waals surface area contributed by atoms with Crippen LogP contribution in [0.5, 0.6) is 0 Å². The summed E-state index contributed by atoms with van der Waals surface area (Å²) in [6.07, 6.45) is 2.74. The van der Waals surface area contributed by atoms with Crippen molar-refractivity contribution < 1.29 is 14.3 Å². The molecule has 0 amide bonds. The number of rotatable bonds is 7. The molecule has 1 aromatic heterocycles. The van der Waals surface area contributed by atoms with Crippen LogP contribution < -0.4 is 16.0 Å². The summed E-state index contributed by atoms with van der Waals surface area (Å²) in [4.78, 5) is 18.9. The second-order valence-corrected chi connectivity index (χ2v) is 7.07. The van der Waals surface area contributed by atoms with Crippen LogP contribution in [0.3, 0.4) is 0 Å². The Hall–Kier alpha value is -2.68. The Morgan fingerprint density at radius 2 is 1.88 bits per heavy atom. The third-order valence-electron chi connectivity index (χ3n) is 4.43. The maximum absolute atomic E-state index is 12.5. The van der Waals surface area contributed by atoms with Gasteiger partial charge in [-0.2, -0.15) is 0 Å². The molecule has 2 heterocycles. The van der Waals surface area contributed by atoms with Gasteiger partial charge in [0, 0.05) is 37.1 Å². The van der Waals surface area contributed by atoms with Crippen LogP contribution in [0.1, 0.15) is 49.2 Å². The number of carbonyl (C=O) groups excluding carboxylic acids is 1. The predicted molar refractivity (Wildman–Crippen MR) is 136 cm³/mol. The zero-order valence-electron chi connectivity index (χ0n) is 20.0. The fraction of sp³-hybridized carbons (Fsp3) is 0.458. The summed E-state index contributed by atoms with van der Waals surface area (Å²) in [6.45, 7) is 11.6. The van der Waals surface area contributed by atoms with Gasteiger partial charge in [0.25, 0.3) is 0 Å². The van der Waals surface area contributed by atoms with Gasteiger partial charge in [0.2, 0.25) is 0 Å². The second-order valence-electron chi connectivity index (χ2n) is 6.64. The number of hydrogen-bond acceptors (Lipinski definition) is 8. The van der Waals surface area contributed by atoms with Crippen molar-refractivity contribution in [1.29, 1.82) is 5.41 Å². The van der Waals surface area contributed by atoms with Crippen molar-refractivity contribution in [3.63, 3.8) is 0 Å². The molecule has 1 fully saturated rings. The molecule has 1 aromatic carbocycles. The summed E-state index contributed by atoms with van der Waals surface area (Å²) in [7, 11) is 0. The number of carbonyl (C=O) groups is 1. The van der Waals surface area contributed by atoms with E-state index in [9.17, 15) is 4.79 Å². The zero-order valence-corrected chi connectivity index (χ0v) is 20.7. The van der Waals surface area contributed by atoms with Crippen molar-refractivity contribution >= 4 is 35.3 Å². The molecule has 1 aliphatic rings. The summed E-state index contributed by atoms with van der Waals surface area (Å²) in [5, 5.41) is 11.9. The number of pyridine rings is 1. The van der Waals surface area contributed by atoms with Crippen LogP contribution >= 0.6 is 11.6 Å². The maximum atomic E-state index is 12.5. The van der Waals surface area contributed by atoms with Gasteiger partial charge in [0.1, 0.15) is 11.4 Å². The predicted octanol–water partition coefficient (Wildman–Crippen LogP) is 4.35. The van der Waals surface area contributed by atoms with Gasteiger partial charge in [0.15, 0.2) is 0 Å². The quantitative estimate of drug-likeness (QED) is 0.401. The van der Waals surface area contributed by atoms with Crippen LogP contribution in [-0.4, -0.2) is 56.6 Å². The van der Waals surface area contributed by atoms with Gasteiger partial charge in [-0.3, -0.25) is 0 Å². The van der Waals surface area contributed by atoms with Crippen molar-refractivity contribution in [2.45, 2.75) is 34.2 Å². The van der Waals surface area contributed by atoms with Crippen molar-refractivity contribution in [3.05, 3.63) is 52.2 Å². The van der Waals surface area contributed by atoms with Crippen LogP contribution in [0.2, 0.25) is 5.02 Å². The number of benzene rings is 1. The van der Waals surface area contributed by atoms with Gasteiger partial charge in [-0.15, -0.1) is 0 Å². The number of morpholine rings is 1. The number of nitrogens with one attached hydrogen (secondary N) is 2. The SMILES string of the molecule is CC.CCN.CCOC(=O)c1cnc(NCc2ccc(Cl)cc2)c(C=N)c1N1CCOCC1. The second kappa shape index (κ2) is 16.0. The molecule has 182 valence electrons. The number of aromatic nitrogens is 1. The van der Waals surface area contributed by atoms with Gasteiger partial charge in [-0.05, 0) is 31.2 Å². The third-order valence-corrected chi connectivity index (χ3v) is 4.68. The van der Waals surface area contributed by atoms with E-state index in [1.807, 2.05) is 49.9 Å². The highest BCUT2D eigenvalue weighted by molar-refractivity contribution is 6.30. The molecule has 0 spiro atoms. The van der Waals surface area contributed by atoms with E-state index in [2.05, 4.69) is 10.3 Å².